The van der Waals surface area contributed by atoms with Gasteiger partial charge in [-0.1, -0.05) is 12.1 Å². The Bertz CT molecular complexity index is 525. The highest BCUT2D eigenvalue weighted by Crippen LogP contribution is 2.22. The summed E-state index contributed by atoms with van der Waals surface area (Å²) >= 11 is 0. The van der Waals surface area contributed by atoms with Crippen LogP contribution in [0.1, 0.15) is 33.3 Å². The van der Waals surface area contributed by atoms with Crippen LogP contribution < -0.4 is 4.90 Å². The number of nitrogens with zero attached hydrogens (tertiary/aromatic N) is 2. The van der Waals surface area contributed by atoms with Gasteiger partial charge >= 0.3 is 6.09 Å². The zero-order valence-corrected chi connectivity index (χ0v) is 13.9. The Morgan fingerprint density at radius 3 is 2.68 bits per heavy atom. The number of rotatable bonds is 2. The first-order valence-corrected chi connectivity index (χ1v) is 7.74. The molecule has 1 aliphatic heterocycles. The Kier molecular flexibility index (Phi) is 4.96. The smallest absolute Gasteiger partial charge is 0.410 e. The molecule has 0 aliphatic carbocycles. The second-order valence-corrected chi connectivity index (χ2v) is 6.80. The molecule has 0 radical (unpaired) electrons. The average Bonchev–Trinajstić information content (AvgIpc) is 2.45. The van der Waals surface area contributed by atoms with Gasteiger partial charge in [0.25, 0.3) is 0 Å². The first kappa shape index (κ1) is 16.6. The van der Waals surface area contributed by atoms with Crippen LogP contribution in [-0.2, 0) is 11.3 Å². The van der Waals surface area contributed by atoms with Crippen molar-refractivity contribution in [2.75, 3.05) is 24.5 Å². The van der Waals surface area contributed by atoms with Crippen molar-refractivity contribution in [1.29, 1.82) is 0 Å². The fraction of sp³-hybridized carbons (Fsp3) is 0.588. The summed E-state index contributed by atoms with van der Waals surface area (Å²) in [6, 6.07) is 7.97. The molecule has 5 heteroatoms. The number of hydrogen-bond acceptors (Lipinski definition) is 4. The third kappa shape index (κ3) is 4.13. The summed E-state index contributed by atoms with van der Waals surface area (Å²) in [5.41, 5.74) is 1.52. The van der Waals surface area contributed by atoms with Gasteiger partial charge in [-0.05, 0) is 45.4 Å². The number of ether oxygens (including phenoxy) is 1. The highest BCUT2D eigenvalue weighted by molar-refractivity contribution is 5.69. The molecule has 0 spiro atoms. The predicted molar refractivity (Wildman–Crippen MR) is 87.0 cm³/mol. The van der Waals surface area contributed by atoms with Crippen molar-refractivity contribution < 1.29 is 14.6 Å². The minimum atomic E-state index is -0.469. The minimum absolute atomic E-state index is 0.0429. The Labute approximate surface area is 132 Å². The van der Waals surface area contributed by atoms with Crippen LogP contribution in [-0.4, -0.2) is 47.4 Å². The van der Waals surface area contributed by atoms with Crippen molar-refractivity contribution in [3.05, 3.63) is 29.8 Å². The summed E-state index contributed by atoms with van der Waals surface area (Å²) < 4.78 is 5.46. The Morgan fingerprint density at radius 2 is 2.09 bits per heavy atom. The summed E-state index contributed by atoms with van der Waals surface area (Å²) in [5, 5.41) is 9.25. The lowest BCUT2D eigenvalue weighted by atomic mass is 10.1. The molecular formula is C17H26N2O3. The van der Waals surface area contributed by atoms with E-state index in [9.17, 15) is 9.90 Å². The predicted octanol–water partition coefficient (Wildman–Crippen LogP) is 2.62. The first-order valence-electron chi connectivity index (χ1n) is 7.74. The molecule has 1 N–H and O–H groups in total. The van der Waals surface area contributed by atoms with Gasteiger partial charge in [-0.15, -0.1) is 0 Å². The molecular weight excluding hydrogens is 280 g/mol. The lowest BCUT2D eigenvalue weighted by Crippen LogP contribution is -2.55. The molecule has 1 saturated heterocycles. The Morgan fingerprint density at radius 1 is 1.36 bits per heavy atom. The monoisotopic (exact) mass is 306 g/mol. The number of amides is 1. The fourth-order valence-electron chi connectivity index (χ4n) is 2.64. The minimum Gasteiger partial charge on any atom is -0.444 e. The van der Waals surface area contributed by atoms with Crippen LogP contribution in [0, 0.1) is 0 Å². The van der Waals surface area contributed by atoms with Gasteiger partial charge in [0.1, 0.15) is 5.60 Å². The molecule has 1 atom stereocenters. The molecule has 0 aromatic heterocycles. The molecule has 0 saturated carbocycles. The fourth-order valence-corrected chi connectivity index (χ4v) is 2.64. The van der Waals surface area contributed by atoms with Gasteiger partial charge in [0.2, 0.25) is 0 Å². The average molecular weight is 306 g/mol. The van der Waals surface area contributed by atoms with Crippen molar-refractivity contribution >= 4 is 11.8 Å². The standard InChI is InChI=1S/C17H26N2O3/c1-13-11-18(15-7-5-6-14(10-15)12-20)8-9-19(13)16(21)22-17(2,3)4/h5-7,10,13,20H,8-9,11-12H2,1-4H3/t13-/m0/s1. The number of aliphatic hydroxyl groups is 1. The van der Waals surface area contributed by atoms with E-state index in [4.69, 9.17) is 4.74 Å². The summed E-state index contributed by atoms with van der Waals surface area (Å²) in [4.78, 5) is 16.2. The van der Waals surface area contributed by atoms with Crippen molar-refractivity contribution in [3.63, 3.8) is 0 Å². The van der Waals surface area contributed by atoms with E-state index in [1.807, 2.05) is 52.0 Å². The summed E-state index contributed by atoms with van der Waals surface area (Å²) in [6.45, 7) is 9.88. The summed E-state index contributed by atoms with van der Waals surface area (Å²) in [5.74, 6) is 0. The number of anilines is 1. The number of carbonyl (C=O) groups is 1. The first-order chi connectivity index (χ1) is 10.3. The quantitative estimate of drug-likeness (QED) is 0.912. The maximum absolute atomic E-state index is 12.2. The van der Waals surface area contributed by atoms with Gasteiger partial charge in [-0.2, -0.15) is 0 Å². The van der Waals surface area contributed by atoms with E-state index in [1.165, 1.54) is 0 Å². The molecule has 1 aromatic rings. The zero-order chi connectivity index (χ0) is 16.3. The van der Waals surface area contributed by atoms with Crippen LogP contribution in [0.15, 0.2) is 24.3 Å². The van der Waals surface area contributed by atoms with E-state index in [2.05, 4.69) is 4.90 Å². The van der Waals surface area contributed by atoms with Crippen LogP contribution >= 0.6 is 0 Å². The van der Waals surface area contributed by atoms with Gasteiger partial charge in [0, 0.05) is 31.4 Å². The molecule has 1 fully saturated rings. The molecule has 22 heavy (non-hydrogen) atoms. The molecule has 5 nitrogen and oxygen atoms in total. The van der Waals surface area contributed by atoms with E-state index in [1.54, 1.807) is 4.90 Å². The van der Waals surface area contributed by atoms with Crippen LogP contribution in [0.3, 0.4) is 0 Å². The molecule has 2 rings (SSSR count). The van der Waals surface area contributed by atoms with Gasteiger partial charge in [-0.25, -0.2) is 4.79 Å². The lowest BCUT2D eigenvalue weighted by molar-refractivity contribution is 0.0159. The molecule has 0 bridgehead atoms. The zero-order valence-electron chi connectivity index (χ0n) is 13.9. The van der Waals surface area contributed by atoms with Crippen molar-refractivity contribution in [2.45, 2.75) is 45.9 Å². The van der Waals surface area contributed by atoms with E-state index in [0.717, 1.165) is 24.3 Å². The van der Waals surface area contributed by atoms with Crippen molar-refractivity contribution in [3.8, 4) is 0 Å². The lowest BCUT2D eigenvalue weighted by Gasteiger charge is -2.41. The summed E-state index contributed by atoms with van der Waals surface area (Å²) in [6.07, 6.45) is -0.247. The van der Waals surface area contributed by atoms with Crippen LogP contribution in [0.25, 0.3) is 0 Å². The highest BCUT2D eigenvalue weighted by atomic mass is 16.6. The van der Waals surface area contributed by atoms with E-state index in [-0.39, 0.29) is 18.7 Å². The SMILES string of the molecule is C[C@H]1CN(c2cccc(CO)c2)CCN1C(=O)OC(C)(C)C. The number of aliphatic hydroxyl groups excluding tert-OH is 1. The van der Waals surface area contributed by atoms with Gasteiger partial charge < -0.3 is 19.6 Å². The van der Waals surface area contributed by atoms with Crippen molar-refractivity contribution in [2.24, 2.45) is 0 Å². The maximum Gasteiger partial charge on any atom is 0.410 e. The highest BCUT2D eigenvalue weighted by Gasteiger charge is 2.30. The third-order valence-electron chi connectivity index (χ3n) is 3.71. The second-order valence-electron chi connectivity index (χ2n) is 6.80. The number of benzene rings is 1. The Hall–Kier alpha value is -1.75. The Balaban J connectivity index is 2.01. The largest absolute Gasteiger partial charge is 0.444 e. The maximum atomic E-state index is 12.2. The van der Waals surface area contributed by atoms with E-state index >= 15 is 0 Å². The van der Waals surface area contributed by atoms with Crippen molar-refractivity contribution in [1.82, 2.24) is 4.90 Å². The number of carbonyl (C=O) groups excluding carboxylic acids is 1. The topological polar surface area (TPSA) is 53.0 Å². The molecule has 122 valence electrons. The van der Waals surface area contributed by atoms with Crippen LogP contribution in [0.4, 0.5) is 10.5 Å². The van der Waals surface area contributed by atoms with Gasteiger partial charge in [-0.3, -0.25) is 0 Å². The van der Waals surface area contributed by atoms with E-state index in [0.29, 0.717) is 6.54 Å². The van der Waals surface area contributed by atoms with E-state index < -0.39 is 5.60 Å². The molecule has 1 aliphatic rings. The van der Waals surface area contributed by atoms with Crippen LogP contribution in [0.2, 0.25) is 0 Å². The number of hydrogen-bond donors (Lipinski definition) is 1. The molecule has 0 unspecified atom stereocenters. The van der Waals surface area contributed by atoms with Gasteiger partial charge in [0.05, 0.1) is 6.61 Å². The molecule has 1 aromatic carbocycles. The van der Waals surface area contributed by atoms with Crippen LogP contribution in [0.5, 0.6) is 0 Å². The normalized spacial score (nSPS) is 19.2. The molecule has 1 amide bonds. The third-order valence-corrected chi connectivity index (χ3v) is 3.71. The van der Waals surface area contributed by atoms with Gasteiger partial charge in [0.15, 0.2) is 0 Å². The second kappa shape index (κ2) is 6.57. The number of piperazine rings is 1. The molecule has 1 heterocycles. The summed E-state index contributed by atoms with van der Waals surface area (Å²) in [7, 11) is 0.